The number of nitrogens with zero attached hydrogens (tertiary/aromatic N) is 2. The summed E-state index contributed by atoms with van der Waals surface area (Å²) in [4.78, 5) is 31.0. The zero-order valence-electron chi connectivity index (χ0n) is 15.5. The highest BCUT2D eigenvalue weighted by atomic mass is 35.5. The van der Waals surface area contributed by atoms with E-state index in [1.54, 1.807) is 31.3 Å². The number of carbonyl (C=O) groups is 2. The van der Waals surface area contributed by atoms with Crippen molar-refractivity contribution in [3.63, 3.8) is 0 Å². The summed E-state index contributed by atoms with van der Waals surface area (Å²) in [5.41, 5.74) is 1.32. The Kier molecular flexibility index (Phi) is 6.59. The maximum Gasteiger partial charge on any atom is 0.238 e. The third kappa shape index (κ3) is 5.05. The van der Waals surface area contributed by atoms with Crippen molar-refractivity contribution in [1.82, 2.24) is 4.90 Å². The number of aliphatic imine (C=N–C) groups is 1. The van der Waals surface area contributed by atoms with Gasteiger partial charge in [-0.05, 0) is 55.5 Å². The van der Waals surface area contributed by atoms with Gasteiger partial charge in [0.15, 0.2) is 5.17 Å². The maximum atomic E-state index is 12.6. The van der Waals surface area contributed by atoms with Gasteiger partial charge in [-0.2, -0.15) is 0 Å². The van der Waals surface area contributed by atoms with Crippen molar-refractivity contribution >= 4 is 51.7 Å². The fraction of sp³-hybridized carbons (Fsp3) is 0.250. The van der Waals surface area contributed by atoms with Gasteiger partial charge in [0.05, 0.1) is 12.3 Å². The molecule has 28 heavy (non-hydrogen) atoms. The highest BCUT2D eigenvalue weighted by Gasteiger charge is 2.34. The molecule has 1 aliphatic heterocycles. The lowest BCUT2D eigenvalue weighted by Crippen LogP contribution is -2.43. The van der Waals surface area contributed by atoms with Gasteiger partial charge in [-0.1, -0.05) is 23.4 Å². The molecule has 2 aromatic rings. The standard InChI is InChI=1S/C20H20ClN3O3S/c1-3-27-16-10-8-15(9-11-16)23-20-24(2)18(25)12-17(28-20)19(26)22-14-6-4-13(21)5-7-14/h4-11,17H,3,12H2,1-2H3,(H,22,26). The van der Waals surface area contributed by atoms with Gasteiger partial charge < -0.3 is 10.1 Å². The van der Waals surface area contributed by atoms with Gasteiger partial charge in [-0.15, -0.1) is 0 Å². The molecular formula is C20H20ClN3O3S. The molecule has 1 aliphatic rings. The Labute approximate surface area is 172 Å². The van der Waals surface area contributed by atoms with Gasteiger partial charge in [0, 0.05) is 24.2 Å². The summed E-state index contributed by atoms with van der Waals surface area (Å²) in [6.07, 6.45) is 0.114. The van der Waals surface area contributed by atoms with Crippen molar-refractivity contribution < 1.29 is 14.3 Å². The number of hydrogen-bond donors (Lipinski definition) is 1. The van der Waals surface area contributed by atoms with Gasteiger partial charge in [0.1, 0.15) is 11.0 Å². The van der Waals surface area contributed by atoms with E-state index in [0.29, 0.717) is 28.2 Å². The molecule has 2 amide bonds. The molecule has 3 rings (SSSR count). The number of anilines is 1. The minimum absolute atomic E-state index is 0.114. The van der Waals surface area contributed by atoms with Crippen molar-refractivity contribution in [1.29, 1.82) is 0 Å². The minimum Gasteiger partial charge on any atom is -0.494 e. The molecule has 1 N–H and O–H groups in total. The Morgan fingerprint density at radius 2 is 1.93 bits per heavy atom. The van der Waals surface area contributed by atoms with Crippen LogP contribution in [-0.2, 0) is 9.59 Å². The Balaban J connectivity index is 1.73. The molecule has 1 atom stereocenters. The van der Waals surface area contributed by atoms with Crippen LogP contribution in [-0.4, -0.2) is 40.8 Å². The van der Waals surface area contributed by atoms with Crippen LogP contribution in [0, 0.1) is 0 Å². The number of carbonyl (C=O) groups excluding carboxylic acids is 2. The predicted molar refractivity (Wildman–Crippen MR) is 114 cm³/mol. The summed E-state index contributed by atoms with van der Waals surface area (Å²) < 4.78 is 5.42. The average Bonchev–Trinajstić information content (AvgIpc) is 2.68. The fourth-order valence-electron chi connectivity index (χ4n) is 2.55. The van der Waals surface area contributed by atoms with Gasteiger partial charge in [0.25, 0.3) is 0 Å². The topological polar surface area (TPSA) is 71.0 Å². The van der Waals surface area contributed by atoms with E-state index in [0.717, 1.165) is 5.75 Å². The number of halogens is 1. The van der Waals surface area contributed by atoms with Crippen LogP contribution in [0.3, 0.4) is 0 Å². The van der Waals surface area contributed by atoms with Crippen LogP contribution < -0.4 is 10.1 Å². The second-order valence-electron chi connectivity index (χ2n) is 6.08. The zero-order valence-corrected chi connectivity index (χ0v) is 17.1. The number of ether oxygens (including phenoxy) is 1. The fourth-order valence-corrected chi connectivity index (χ4v) is 3.74. The largest absolute Gasteiger partial charge is 0.494 e. The van der Waals surface area contributed by atoms with E-state index in [-0.39, 0.29) is 18.2 Å². The van der Waals surface area contributed by atoms with Crippen molar-refractivity contribution in [2.45, 2.75) is 18.6 Å². The molecule has 0 aliphatic carbocycles. The first-order chi connectivity index (χ1) is 13.5. The molecule has 6 nitrogen and oxygen atoms in total. The van der Waals surface area contributed by atoms with Crippen LogP contribution in [0.5, 0.6) is 5.75 Å². The van der Waals surface area contributed by atoms with E-state index < -0.39 is 5.25 Å². The normalized spacial score (nSPS) is 18.2. The number of amides is 2. The lowest BCUT2D eigenvalue weighted by atomic mass is 10.2. The number of thioether (sulfide) groups is 1. The molecule has 1 saturated heterocycles. The van der Waals surface area contributed by atoms with E-state index in [1.807, 2.05) is 31.2 Å². The summed E-state index contributed by atoms with van der Waals surface area (Å²) in [6.45, 7) is 2.51. The molecule has 0 bridgehead atoms. The number of hydrogen-bond acceptors (Lipinski definition) is 5. The van der Waals surface area contributed by atoms with Crippen LogP contribution >= 0.6 is 23.4 Å². The lowest BCUT2D eigenvalue weighted by Gasteiger charge is -2.28. The molecule has 8 heteroatoms. The molecule has 0 radical (unpaired) electrons. The number of rotatable bonds is 5. The maximum absolute atomic E-state index is 12.6. The monoisotopic (exact) mass is 417 g/mol. The summed E-state index contributed by atoms with van der Waals surface area (Å²) in [7, 11) is 1.66. The summed E-state index contributed by atoms with van der Waals surface area (Å²) in [5, 5.41) is 3.34. The predicted octanol–water partition coefficient (Wildman–Crippen LogP) is 4.33. The third-order valence-corrected chi connectivity index (χ3v) is 5.54. The van der Waals surface area contributed by atoms with Crippen LogP contribution in [0.4, 0.5) is 11.4 Å². The minimum atomic E-state index is -0.555. The number of amidine groups is 1. The Hall–Kier alpha value is -2.51. The van der Waals surface area contributed by atoms with Crippen LogP contribution in [0.25, 0.3) is 0 Å². The first kappa shape index (κ1) is 20.2. The van der Waals surface area contributed by atoms with Crippen molar-refractivity contribution in [2.24, 2.45) is 4.99 Å². The smallest absolute Gasteiger partial charge is 0.238 e. The second kappa shape index (κ2) is 9.12. The highest BCUT2D eigenvalue weighted by molar-refractivity contribution is 8.15. The molecule has 2 aromatic carbocycles. The van der Waals surface area contributed by atoms with Gasteiger partial charge in [0.2, 0.25) is 11.8 Å². The summed E-state index contributed by atoms with van der Waals surface area (Å²) in [5.74, 6) is 0.361. The van der Waals surface area contributed by atoms with Crippen molar-refractivity contribution in [3.05, 3.63) is 53.6 Å². The Morgan fingerprint density at radius 1 is 1.25 bits per heavy atom. The molecule has 1 heterocycles. The lowest BCUT2D eigenvalue weighted by molar-refractivity contribution is -0.128. The first-order valence-electron chi connectivity index (χ1n) is 8.77. The summed E-state index contributed by atoms with van der Waals surface area (Å²) in [6, 6.07) is 14.1. The Bertz CT molecular complexity index is 885. The molecule has 1 unspecified atom stereocenters. The first-order valence-corrected chi connectivity index (χ1v) is 10.0. The van der Waals surface area contributed by atoms with Crippen LogP contribution in [0.2, 0.25) is 5.02 Å². The van der Waals surface area contributed by atoms with E-state index >= 15 is 0 Å². The second-order valence-corrected chi connectivity index (χ2v) is 7.69. The Morgan fingerprint density at radius 3 is 2.57 bits per heavy atom. The van der Waals surface area contributed by atoms with Crippen LogP contribution in [0.15, 0.2) is 53.5 Å². The average molecular weight is 418 g/mol. The van der Waals surface area contributed by atoms with E-state index in [1.165, 1.54) is 16.7 Å². The van der Waals surface area contributed by atoms with Gasteiger partial charge in [-0.25, -0.2) is 4.99 Å². The zero-order chi connectivity index (χ0) is 20.1. The van der Waals surface area contributed by atoms with E-state index in [2.05, 4.69) is 10.3 Å². The molecule has 0 saturated carbocycles. The molecule has 0 aromatic heterocycles. The van der Waals surface area contributed by atoms with Gasteiger partial charge in [-0.3, -0.25) is 14.5 Å². The van der Waals surface area contributed by atoms with Crippen molar-refractivity contribution in [3.8, 4) is 5.75 Å². The van der Waals surface area contributed by atoms with Gasteiger partial charge >= 0.3 is 0 Å². The quantitative estimate of drug-likeness (QED) is 0.786. The molecule has 0 spiro atoms. The molecule has 146 valence electrons. The molecular weight excluding hydrogens is 398 g/mol. The van der Waals surface area contributed by atoms with Crippen molar-refractivity contribution in [2.75, 3.05) is 19.0 Å². The molecule has 1 fully saturated rings. The SMILES string of the molecule is CCOc1ccc(N=C2SC(C(=O)Nc3ccc(Cl)cc3)CC(=O)N2C)cc1. The third-order valence-electron chi connectivity index (χ3n) is 4.05. The summed E-state index contributed by atoms with van der Waals surface area (Å²) >= 11 is 7.13. The van der Waals surface area contributed by atoms with E-state index in [9.17, 15) is 9.59 Å². The van der Waals surface area contributed by atoms with E-state index in [4.69, 9.17) is 16.3 Å². The number of nitrogens with one attached hydrogen (secondary N) is 1. The number of benzene rings is 2. The highest BCUT2D eigenvalue weighted by Crippen LogP contribution is 2.29. The van der Waals surface area contributed by atoms with Crippen LogP contribution in [0.1, 0.15) is 13.3 Å².